The zero-order valence-electron chi connectivity index (χ0n) is 8.85. The number of phosphoric ester groups is 1. The van der Waals surface area contributed by atoms with Crippen LogP contribution in [-0.2, 0) is 23.1 Å². The van der Waals surface area contributed by atoms with Crippen LogP contribution >= 0.6 is 19.4 Å². The summed E-state index contributed by atoms with van der Waals surface area (Å²) in [5, 5.41) is 0. The molecule has 0 spiro atoms. The number of alkyl halides is 1. The van der Waals surface area contributed by atoms with Crippen LogP contribution in [0.25, 0.3) is 0 Å². The van der Waals surface area contributed by atoms with E-state index in [2.05, 4.69) is 20.4 Å². The van der Waals surface area contributed by atoms with E-state index in [0.717, 1.165) is 0 Å². The fourth-order valence-corrected chi connectivity index (χ4v) is 1.48. The first kappa shape index (κ1) is 15.6. The predicted octanol–water partition coefficient (Wildman–Crippen LogP) is 1.48. The third kappa shape index (κ3) is 7.84. The van der Waals surface area contributed by atoms with Crippen molar-refractivity contribution in [3.8, 4) is 0 Å². The second kappa shape index (κ2) is 7.81. The van der Waals surface area contributed by atoms with Crippen molar-refractivity contribution >= 4 is 25.4 Å². The van der Waals surface area contributed by atoms with Gasteiger partial charge in [-0.1, -0.05) is 6.58 Å². The minimum Gasteiger partial charge on any atom is -0.460 e. The molecule has 1 N–H and O–H groups in total. The normalized spacial score (nSPS) is 14.2. The summed E-state index contributed by atoms with van der Waals surface area (Å²) in [5.74, 6) is -0.503. The highest BCUT2D eigenvalue weighted by atomic mass is 35.5. The van der Waals surface area contributed by atoms with Crippen molar-refractivity contribution in [3.63, 3.8) is 0 Å². The van der Waals surface area contributed by atoms with Gasteiger partial charge in [-0.15, -0.1) is 11.6 Å². The van der Waals surface area contributed by atoms with Crippen LogP contribution < -0.4 is 0 Å². The van der Waals surface area contributed by atoms with E-state index in [1.54, 1.807) is 0 Å². The standard InChI is InChI=1S/C8H14ClO6P/c1-7(2)8(10)13-5-6-15-16(11,12)14-4-3-9/h1,3-6H2,2H3,(H,11,12). The third-order valence-electron chi connectivity index (χ3n) is 1.25. The number of rotatable bonds is 8. The van der Waals surface area contributed by atoms with Crippen LogP contribution in [0.15, 0.2) is 12.2 Å². The number of esters is 1. The monoisotopic (exact) mass is 272 g/mol. The third-order valence-corrected chi connectivity index (χ3v) is 2.42. The molecule has 0 aliphatic carbocycles. The van der Waals surface area contributed by atoms with E-state index in [1.807, 2.05) is 0 Å². The van der Waals surface area contributed by atoms with Crippen molar-refractivity contribution in [1.29, 1.82) is 0 Å². The summed E-state index contributed by atoms with van der Waals surface area (Å²) >= 11 is 5.25. The molecule has 0 rings (SSSR count). The molecule has 0 aromatic heterocycles. The molecular weight excluding hydrogens is 259 g/mol. The van der Waals surface area contributed by atoms with Crippen LogP contribution in [0.4, 0.5) is 0 Å². The van der Waals surface area contributed by atoms with Crippen LogP contribution in [0.5, 0.6) is 0 Å². The predicted molar refractivity (Wildman–Crippen MR) is 58.2 cm³/mol. The minimum absolute atomic E-state index is 0.0819. The molecule has 0 saturated carbocycles. The maximum absolute atomic E-state index is 11.0. The smallest absolute Gasteiger partial charge is 0.460 e. The van der Waals surface area contributed by atoms with Crippen LogP contribution in [-0.4, -0.2) is 36.6 Å². The summed E-state index contributed by atoms with van der Waals surface area (Å²) in [6, 6.07) is 0. The number of hydrogen-bond acceptors (Lipinski definition) is 5. The molecule has 0 bridgehead atoms. The van der Waals surface area contributed by atoms with Gasteiger partial charge in [-0.2, -0.15) is 0 Å². The molecule has 0 heterocycles. The quantitative estimate of drug-likeness (QED) is 0.237. The molecule has 0 aromatic carbocycles. The molecule has 6 nitrogen and oxygen atoms in total. The molecule has 0 radical (unpaired) electrons. The van der Waals surface area contributed by atoms with Gasteiger partial charge in [0, 0.05) is 11.5 Å². The summed E-state index contributed by atoms with van der Waals surface area (Å²) in [7, 11) is -4.09. The van der Waals surface area contributed by atoms with Gasteiger partial charge in [0.1, 0.15) is 6.61 Å². The van der Waals surface area contributed by atoms with Gasteiger partial charge in [0.05, 0.1) is 13.2 Å². The summed E-state index contributed by atoms with van der Waals surface area (Å²) in [4.78, 5) is 19.9. The largest absolute Gasteiger partial charge is 0.472 e. The summed E-state index contributed by atoms with van der Waals surface area (Å²) in [5.41, 5.74) is 0.241. The fourth-order valence-electron chi connectivity index (χ4n) is 0.597. The number of halogens is 1. The highest BCUT2D eigenvalue weighted by Crippen LogP contribution is 2.42. The van der Waals surface area contributed by atoms with Gasteiger partial charge in [0.25, 0.3) is 0 Å². The maximum atomic E-state index is 11.0. The fraction of sp³-hybridized carbons (Fsp3) is 0.625. The van der Waals surface area contributed by atoms with Crippen molar-refractivity contribution in [2.45, 2.75) is 6.92 Å². The van der Waals surface area contributed by atoms with Gasteiger partial charge in [-0.25, -0.2) is 9.36 Å². The first-order valence-corrected chi connectivity index (χ1v) is 6.42. The molecular formula is C8H14ClO6P. The zero-order chi connectivity index (χ0) is 12.6. The molecule has 16 heavy (non-hydrogen) atoms. The van der Waals surface area contributed by atoms with Crippen molar-refractivity contribution in [2.75, 3.05) is 25.7 Å². The Bertz CT molecular complexity index is 292. The second-order valence-corrected chi connectivity index (χ2v) is 4.57. The Labute approximate surface area is 98.8 Å². The van der Waals surface area contributed by atoms with Crippen molar-refractivity contribution in [1.82, 2.24) is 0 Å². The topological polar surface area (TPSA) is 82.1 Å². The molecule has 0 aromatic rings. The van der Waals surface area contributed by atoms with Crippen LogP contribution in [0.2, 0.25) is 0 Å². The molecule has 94 valence electrons. The average molecular weight is 273 g/mol. The van der Waals surface area contributed by atoms with Gasteiger partial charge in [0.2, 0.25) is 0 Å². The van der Waals surface area contributed by atoms with Gasteiger partial charge in [-0.05, 0) is 6.92 Å². The van der Waals surface area contributed by atoms with Crippen LogP contribution in [0.3, 0.4) is 0 Å². The Morgan fingerprint density at radius 3 is 2.44 bits per heavy atom. The Morgan fingerprint density at radius 2 is 1.94 bits per heavy atom. The van der Waals surface area contributed by atoms with Crippen LogP contribution in [0, 0.1) is 0 Å². The van der Waals surface area contributed by atoms with E-state index in [-0.39, 0.29) is 31.3 Å². The van der Waals surface area contributed by atoms with Gasteiger partial charge in [-0.3, -0.25) is 9.05 Å². The zero-order valence-corrected chi connectivity index (χ0v) is 10.5. The summed E-state index contributed by atoms with van der Waals surface area (Å²) in [6.07, 6.45) is 0. The second-order valence-electron chi connectivity index (χ2n) is 2.74. The molecule has 1 unspecified atom stereocenters. The number of phosphoric acid groups is 1. The maximum Gasteiger partial charge on any atom is 0.472 e. The van der Waals surface area contributed by atoms with E-state index >= 15 is 0 Å². The lowest BCUT2D eigenvalue weighted by Gasteiger charge is -2.11. The lowest BCUT2D eigenvalue weighted by Crippen LogP contribution is -2.10. The number of ether oxygens (including phenoxy) is 1. The number of hydrogen-bond donors (Lipinski definition) is 1. The molecule has 0 aliphatic heterocycles. The van der Waals surface area contributed by atoms with E-state index < -0.39 is 13.8 Å². The average Bonchev–Trinajstić information content (AvgIpc) is 2.21. The van der Waals surface area contributed by atoms with Crippen molar-refractivity contribution in [3.05, 3.63) is 12.2 Å². The summed E-state index contributed by atoms with van der Waals surface area (Å²) < 4.78 is 24.6. The Balaban J connectivity index is 3.69. The van der Waals surface area contributed by atoms with E-state index in [1.165, 1.54) is 6.92 Å². The molecule has 0 aliphatic rings. The summed E-state index contributed by atoms with van der Waals surface area (Å²) in [6.45, 7) is 4.36. The highest BCUT2D eigenvalue weighted by molar-refractivity contribution is 7.47. The van der Waals surface area contributed by atoms with E-state index in [4.69, 9.17) is 16.5 Å². The van der Waals surface area contributed by atoms with Gasteiger partial charge < -0.3 is 9.63 Å². The van der Waals surface area contributed by atoms with Crippen LogP contribution in [0.1, 0.15) is 6.92 Å². The lowest BCUT2D eigenvalue weighted by atomic mass is 10.4. The number of carbonyl (C=O) groups is 1. The Kier molecular flexibility index (Phi) is 7.62. The lowest BCUT2D eigenvalue weighted by molar-refractivity contribution is -0.139. The number of carbonyl (C=O) groups excluding carboxylic acids is 1. The van der Waals surface area contributed by atoms with Gasteiger partial charge >= 0.3 is 13.8 Å². The first-order chi connectivity index (χ1) is 7.39. The Morgan fingerprint density at radius 1 is 1.38 bits per heavy atom. The van der Waals surface area contributed by atoms with E-state index in [0.29, 0.717) is 0 Å². The molecule has 1 atom stereocenters. The minimum atomic E-state index is -4.09. The molecule has 0 amide bonds. The van der Waals surface area contributed by atoms with Crippen molar-refractivity contribution in [2.24, 2.45) is 0 Å². The molecule has 0 saturated heterocycles. The van der Waals surface area contributed by atoms with Crippen molar-refractivity contribution < 1.29 is 28.0 Å². The van der Waals surface area contributed by atoms with E-state index in [9.17, 15) is 9.36 Å². The first-order valence-electron chi connectivity index (χ1n) is 4.39. The highest BCUT2D eigenvalue weighted by Gasteiger charge is 2.20. The van der Waals surface area contributed by atoms with Gasteiger partial charge in [0.15, 0.2) is 0 Å². The SMILES string of the molecule is C=C(C)C(=O)OCCOP(=O)(O)OCCCl. The molecule has 0 fully saturated rings. The molecule has 8 heteroatoms. The Hall–Kier alpha value is -0.390.